The van der Waals surface area contributed by atoms with Gasteiger partial charge in [-0.2, -0.15) is 5.10 Å². The molecular weight excluding hydrogens is 388 g/mol. The second kappa shape index (κ2) is 10.8. The number of nitrogens with one attached hydrogen (secondary N) is 2. The summed E-state index contributed by atoms with van der Waals surface area (Å²) in [6, 6.07) is 14.7. The highest BCUT2D eigenvalue weighted by molar-refractivity contribution is 5.79. The van der Waals surface area contributed by atoms with Crippen molar-refractivity contribution >= 4 is 5.96 Å². The molecule has 0 amide bonds. The summed E-state index contributed by atoms with van der Waals surface area (Å²) in [5, 5.41) is 11.1. The van der Waals surface area contributed by atoms with Gasteiger partial charge in [-0.25, -0.2) is 4.68 Å². The first-order chi connectivity index (χ1) is 15.3. The lowest BCUT2D eigenvalue weighted by atomic mass is 10.1. The van der Waals surface area contributed by atoms with Crippen LogP contribution in [0.4, 0.5) is 0 Å². The van der Waals surface area contributed by atoms with E-state index in [-0.39, 0.29) is 6.04 Å². The third kappa shape index (κ3) is 5.76. The van der Waals surface area contributed by atoms with Crippen molar-refractivity contribution in [2.24, 2.45) is 4.99 Å². The van der Waals surface area contributed by atoms with Crippen molar-refractivity contribution in [2.45, 2.75) is 32.2 Å². The van der Waals surface area contributed by atoms with Gasteiger partial charge in [-0.05, 0) is 75.2 Å². The van der Waals surface area contributed by atoms with Crippen molar-refractivity contribution in [1.82, 2.24) is 25.3 Å². The number of rotatable bonds is 9. The minimum Gasteiger partial charge on any atom is -0.468 e. The quantitative estimate of drug-likeness (QED) is 0.410. The molecule has 1 saturated heterocycles. The number of likely N-dealkylation sites (tertiary alicyclic amines) is 1. The summed E-state index contributed by atoms with van der Waals surface area (Å²) in [6.07, 6.45) is 8.92. The number of hydrogen-bond acceptors (Lipinski definition) is 4. The van der Waals surface area contributed by atoms with Crippen LogP contribution in [-0.2, 0) is 6.42 Å². The smallest absolute Gasteiger partial charge is 0.191 e. The highest BCUT2D eigenvalue weighted by Gasteiger charge is 2.25. The largest absolute Gasteiger partial charge is 0.468 e. The molecule has 1 atom stereocenters. The number of aliphatic imine (C=N–C) groups is 1. The predicted molar refractivity (Wildman–Crippen MR) is 124 cm³/mol. The Morgan fingerprint density at radius 2 is 1.97 bits per heavy atom. The third-order valence-electron chi connectivity index (χ3n) is 5.63. The van der Waals surface area contributed by atoms with Crippen LogP contribution in [0.3, 0.4) is 0 Å². The molecule has 7 heteroatoms. The van der Waals surface area contributed by atoms with Crippen LogP contribution < -0.4 is 10.6 Å². The minimum atomic E-state index is 0.197. The number of guanidine groups is 1. The van der Waals surface area contributed by atoms with Gasteiger partial charge in [0.25, 0.3) is 0 Å². The molecule has 31 heavy (non-hydrogen) atoms. The standard InChI is InChI=1S/C24H32N6O/c1-2-25-24(27-19-22(23-7-5-18-31-23)29-15-3-4-16-29)26-14-12-20-8-10-21(11-9-20)30-17-6-13-28-30/h5-11,13,17-18,22H,2-4,12,14-16,19H2,1H3,(H2,25,26,27). The normalized spacial score (nSPS) is 15.8. The van der Waals surface area contributed by atoms with Crippen LogP contribution in [0, 0.1) is 0 Å². The highest BCUT2D eigenvalue weighted by atomic mass is 16.3. The van der Waals surface area contributed by atoms with Gasteiger partial charge < -0.3 is 15.1 Å². The van der Waals surface area contributed by atoms with Gasteiger partial charge in [0, 0.05) is 25.5 Å². The molecule has 2 N–H and O–H groups in total. The first-order valence-corrected chi connectivity index (χ1v) is 11.2. The van der Waals surface area contributed by atoms with Crippen LogP contribution in [-0.4, -0.2) is 53.4 Å². The lowest BCUT2D eigenvalue weighted by molar-refractivity contribution is 0.221. The zero-order valence-corrected chi connectivity index (χ0v) is 18.2. The van der Waals surface area contributed by atoms with Crippen LogP contribution in [0.2, 0.25) is 0 Å². The van der Waals surface area contributed by atoms with Gasteiger partial charge in [-0.15, -0.1) is 0 Å². The summed E-state index contributed by atoms with van der Waals surface area (Å²) in [4.78, 5) is 7.35. The molecule has 0 bridgehead atoms. The molecule has 2 aromatic heterocycles. The Kier molecular flexibility index (Phi) is 7.39. The number of aromatic nitrogens is 2. The maximum atomic E-state index is 5.72. The summed E-state index contributed by atoms with van der Waals surface area (Å²) < 4.78 is 7.59. The van der Waals surface area contributed by atoms with Crippen LogP contribution >= 0.6 is 0 Å². The Hall–Kier alpha value is -3.06. The van der Waals surface area contributed by atoms with E-state index in [1.165, 1.54) is 18.4 Å². The molecule has 0 aliphatic carbocycles. The van der Waals surface area contributed by atoms with Crippen LogP contribution in [0.25, 0.3) is 5.69 Å². The van der Waals surface area contributed by atoms with E-state index in [2.05, 4.69) is 57.9 Å². The van der Waals surface area contributed by atoms with Crippen molar-refractivity contribution in [1.29, 1.82) is 0 Å². The van der Waals surface area contributed by atoms with Crippen molar-refractivity contribution < 1.29 is 4.42 Å². The monoisotopic (exact) mass is 420 g/mol. The maximum absolute atomic E-state index is 5.72. The molecule has 164 valence electrons. The van der Waals surface area contributed by atoms with Gasteiger partial charge in [0.15, 0.2) is 5.96 Å². The molecule has 3 heterocycles. The zero-order valence-electron chi connectivity index (χ0n) is 18.2. The highest BCUT2D eigenvalue weighted by Crippen LogP contribution is 2.25. The van der Waals surface area contributed by atoms with E-state index in [4.69, 9.17) is 9.41 Å². The first-order valence-electron chi connectivity index (χ1n) is 11.2. The van der Waals surface area contributed by atoms with Crippen LogP contribution in [0.1, 0.15) is 37.1 Å². The van der Waals surface area contributed by atoms with Gasteiger partial charge in [0.2, 0.25) is 0 Å². The number of hydrogen-bond donors (Lipinski definition) is 2. The van der Waals surface area contributed by atoms with E-state index in [1.54, 1.807) is 12.5 Å². The van der Waals surface area contributed by atoms with E-state index in [1.807, 2.05) is 23.0 Å². The second-order valence-electron chi connectivity index (χ2n) is 7.79. The van der Waals surface area contributed by atoms with Gasteiger partial charge in [0.05, 0.1) is 24.5 Å². The average Bonchev–Trinajstić information content (AvgIpc) is 3.58. The molecule has 7 nitrogen and oxygen atoms in total. The zero-order chi connectivity index (χ0) is 21.3. The number of furan rings is 1. The van der Waals surface area contributed by atoms with Crippen LogP contribution in [0.5, 0.6) is 0 Å². The Bertz CT molecular complexity index is 912. The molecule has 1 aliphatic rings. The average molecular weight is 421 g/mol. The second-order valence-corrected chi connectivity index (χ2v) is 7.79. The fraction of sp³-hybridized carbons (Fsp3) is 0.417. The number of benzene rings is 1. The van der Waals surface area contributed by atoms with E-state index < -0.39 is 0 Å². The van der Waals surface area contributed by atoms with Gasteiger partial charge in [-0.1, -0.05) is 12.1 Å². The van der Waals surface area contributed by atoms with Gasteiger partial charge in [0.1, 0.15) is 5.76 Å². The molecule has 3 aromatic rings. The molecule has 1 aliphatic heterocycles. The van der Waals surface area contributed by atoms with E-state index in [0.717, 1.165) is 50.0 Å². The molecular formula is C24H32N6O. The number of nitrogens with zero attached hydrogens (tertiary/aromatic N) is 4. The van der Waals surface area contributed by atoms with Crippen molar-refractivity contribution in [3.05, 3.63) is 72.4 Å². The Labute approximate surface area is 184 Å². The predicted octanol–water partition coefficient (Wildman–Crippen LogP) is 3.40. The molecule has 0 saturated carbocycles. The van der Waals surface area contributed by atoms with Crippen molar-refractivity contribution in [2.75, 3.05) is 32.7 Å². The molecule has 0 radical (unpaired) electrons. The summed E-state index contributed by atoms with van der Waals surface area (Å²) in [6.45, 7) is 6.65. The minimum absolute atomic E-state index is 0.197. The fourth-order valence-electron chi connectivity index (χ4n) is 4.00. The lowest BCUT2D eigenvalue weighted by Crippen LogP contribution is -2.39. The summed E-state index contributed by atoms with van der Waals surface area (Å²) in [5.74, 6) is 1.85. The molecule has 0 spiro atoms. The Morgan fingerprint density at radius 1 is 1.13 bits per heavy atom. The fourth-order valence-corrected chi connectivity index (χ4v) is 4.00. The Balaban J connectivity index is 1.33. The van der Waals surface area contributed by atoms with Crippen molar-refractivity contribution in [3.63, 3.8) is 0 Å². The van der Waals surface area contributed by atoms with Gasteiger partial charge >= 0.3 is 0 Å². The first kappa shape index (κ1) is 21.2. The molecule has 1 aromatic carbocycles. The van der Waals surface area contributed by atoms with Crippen molar-refractivity contribution in [3.8, 4) is 5.69 Å². The molecule has 1 fully saturated rings. The van der Waals surface area contributed by atoms with E-state index >= 15 is 0 Å². The summed E-state index contributed by atoms with van der Waals surface area (Å²) >= 11 is 0. The maximum Gasteiger partial charge on any atom is 0.191 e. The lowest BCUT2D eigenvalue weighted by Gasteiger charge is -2.24. The third-order valence-corrected chi connectivity index (χ3v) is 5.63. The van der Waals surface area contributed by atoms with Gasteiger partial charge in [-0.3, -0.25) is 9.89 Å². The topological polar surface area (TPSA) is 70.6 Å². The van der Waals surface area contributed by atoms with Crippen LogP contribution in [0.15, 0.2) is 70.5 Å². The SMILES string of the molecule is CCNC(=NCC(c1ccco1)N1CCCC1)NCCc1ccc(-n2cccn2)cc1. The Morgan fingerprint density at radius 3 is 2.65 bits per heavy atom. The molecule has 1 unspecified atom stereocenters. The molecule has 4 rings (SSSR count). The van der Waals surface area contributed by atoms with E-state index in [0.29, 0.717) is 6.54 Å². The van der Waals surface area contributed by atoms with E-state index in [9.17, 15) is 0 Å². The summed E-state index contributed by atoms with van der Waals surface area (Å²) in [5.41, 5.74) is 2.35. The summed E-state index contributed by atoms with van der Waals surface area (Å²) in [7, 11) is 0.